The van der Waals surface area contributed by atoms with Crippen molar-refractivity contribution in [3.8, 4) is 16.9 Å². The highest BCUT2D eigenvalue weighted by Gasteiger charge is 2.19. The van der Waals surface area contributed by atoms with E-state index < -0.39 is 12.4 Å². The fourth-order valence-electron chi connectivity index (χ4n) is 3.54. The molecule has 1 nitrogen and oxygen atoms in total. The van der Waals surface area contributed by atoms with Crippen LogP contribution in [0, 0.1) is 5.82 Å². The molecule has 29 heavy (non-hydrogen) atoms. The summed E-state index contributed by atoms with van der Waals surface area (Å²) in [5.41, 5.74) is 2.74. The Kier molecular flexibility index (Phi) is 6.97. The molecule has 0 aliphatic carbocycles. The van der Waals surface area contributed by atoms with Gasteiger partial charge in [0.15, 0.2) is 0 Å². The molecule has 0 amide bonds. The largest absolute Gasteiger partial charge is 0.434 e. The lowest BCUT2D eigenvalue weighted by Gasteiger charge is -2.15. The first-order valence-electron chi connectivity index (χ1n) is 9.94. The number of hydrogen-bond acceptors (Lipinski definition) is 1. The highest BCUT2D eigenvalue weighted by atomic mass is 19.3. The van der Waals surface area contributed by atoms with Gasteiger partial charge in [-0.2, -0.15) is 8.78 Å². The summed E-state index contributed by atoms with van der Waals surface area (Å²) in [4.78, 5) is 0. The summed E-state index contributed by atoms with van der Waals surface area (Å²) in [6, 6.07) is 14.3. The molecule has 152 valence electrons. The molecule has 4 heteroatoms. The smallest absolute Gasteiger partial charge is 0.387 e. The van der Waals surface area contributed by atoms with Gasteiger partial charge in [-0.15, -0.1) is 0 Å². The van der Waals surface area contributed by atoms with E-state index in [2.05, 4.69) is 13.0 Å². The lowest BCUT2D eigenvalue weighted by molar-refractivity contribution is -0.0494. The van der Waals surface area contributed by atoms with Crippen molar-refractivity contribution in [2.24, 2.45) is 0 Å². The summed E-state index contributed by atoms with van der Waals surface area (Å²) in [6.45, 7) is 1.01. The van der Waals surface area contributed by atoms with Crippen molar-refractivity contribution in [2.75, 3.05) is 0 Å². The molecule has 0 aliphatic rings. The van der Waals surface area contributed by atoms with Crippen LogP contribution in [0.5, 0.6) is 5.75 Å². The van der Waals surface area contributed by atoms with Gasteiger partial charge in [-0.25, -0.2) is 4.39 Å². The standard InChI is InChI=1S/C25H25F3O/c1-3-5-6-8-17-9-12-19(13-10-17)23-22(29-25(27)28)16-20-15-18(7-4-2)11-14-21(20)24(23)26/h3,5,9-16,25H,4,6-8H2,1-2H3/b5-3+. The molecule has 0 N–H and O–H groups in total. The third kappa shape index (κ3) is 5.00. The molecule has 0 unspecified atom stereocenters. The van der Waals surface area contributed by atoms with Crippen LogP contribution in [0.3, 0.4) is 0 Å². The van der Waals surface area contributed by atoms with Gasteiger partial charge in [0, 0.05) is 5.39 Å². The number of halogens is 3. The van der Waals surface area contributed by atoms with E-state index in [-0.39, 0.29) is 11.3 Å². The van der Waals surface area contributed by atoms with E-state index in [0.717, 1.165) is 36.8 Å². The average molecular weight is 398 g/mol. The molecule has 0 saturated heterocycles. The summed E-state index contributed by atoms with van der Waals surface area (Å²) in [5.74, 6) is -0.678. The maximum Gasteiger partial charge on any atom is 0.387 e. The molecule has 3 aromatic carbocycles. The van der Waals surface area contributed by atoms with Crippen LogP contribution < -0.4 is 4.74 Å². The third-order valence-electron chi connectivity index (χ3n) is 4.94. The normalized spacial score (nSPS) is 11.7. The topological polar surface area (TPSA) is 9.23 Å². The molecule has 0 aromatic heterocycles. The quantitative estimate of drug-likeness (QED) is 0.353. The minimum atomic E-state index is -3.02. The van der Waals surface area contributed by atoms with Crippen molar-refractivity contribution < 1.29 is 17.9 Å². The molecule has 0 heterocycles. The van der Waals surface area contributed by atoms with E-state index in [9.17, 15) is 8.78 Å². The zero-order chi connectivity index (χ0) is 20.8. The number of allylic oxidation sites excluding steroid dienone is 2. The third-order valence-corrected chi connectivity index (χ3v) is 4.94. The number of rotatable bonds is 8. The summed E-state index contributed by atoms with van der Waals surface area (Å²) in [7, 11) is 0. The van der Waals surface area contributed by atoms with Crippen LogP contribution in [0.2, 0.25) is 0 Å². The zero-order valence-electron chi connectivity index (χ0n) is 16.7. The molecule has 0 bridgehead atoms. The van der Waals surface area contributed by atoms with Crippen LogP contribution in [-0.2, 0) is 12.8 Å². The number of hydrogen-bond donors (Lipinski definition) is 0. The van der Waals surface area contributed by atoms with Gasteiger partial charge in [0.1, 0.15) is 11.6 Å². The highest BCUT2D eigenvalue weighted by molar-refractivity contribution is 5.92. The second-order valence-corrected chi connectivity index (χ2v) is 7.05. The monoisotopic (exact) mass is 398 g/mol. The van der Waals surface area contributed by atoms with Crippen molar-refractivity contribution in [3.63, 3.8) is 0 Å². The van der Waals surface area contributed by atoms with Gasteiger partial charge < -0.3 is 4.74 Å². The molecule has 3 aromatic rings. The van der Waals surface area contributed by atoms with Crippen LogP contribution in [0.15, 0.2) is 60.7 Å². The Bertz CT molecular complexity index is 991. The maximum absolute atomic E-state index is 15.4. The molecule has 0 saturated carbocycles. The van der Waals surface area contributed by atoms with Crippen LogP contribution in [0.25, 0.3) is 21.9 Å². The predicted octanol–water partition coefficient (Wildman–Crippen LogP) is 7.71. The van der Waals surface area contributed by atoms with Gasteiger partial charge in [-0.1, -0.05) is 68.0 Å². The number of benzene rings is 3. The predicted molar refractivity (Wildman–Crippen MR) is 113 cm³/mol. The molecule has 0 aliphatic heterocycles. The van der Waals surface area contributed by atoms with Crippen LogP contribution >= 0.6 is 0 Å². The first-order valence-corrected chi connectivity index (χ1v) is 9.94. The Morgan fingerprint density at radius 2 is 1.69 bits per heavy atom. The second kappa shape index (κ2) is 9.64. The summed E-state index contributed by atoms with van der Waals surface area (Å²) >= 11 is 0. The van der Waals surface area contributed by atoms with E-state index in [1.807, 2.05) is 37.3 Å². The fourth-order valence-corrected chi connectivity index (χ4v) is 3.54. The van der Waals surface area contributed by atoms with Gasteiger partial charge in [0.05, 0.1) is 5.56 Å². The minimum Gasteiger partial charge on any atom is -0.434 e. The van der Waals surface area contributed by atoms with E-state index in [4.69, 9.17) is 4.74 Å². The van der Waals surface area contributed by atoms with Gasteiger partial charge in [0.25, 0.3) is 0 Å². The molecule has 0 atom stereocenters. The lowest BCUT2D eigenvalue weighted by atomic mass is 9.96. The summed E-state index contributed by atoms with van der Waals surface area (Å²) in [5, 5.41) is 0.967. The maximum atomic E-state index is 15.4. The van der Waals surface area contributed by atoms with Crippen molar-refractivity contribution >= 4 is 10.8 Å². The molecular weight excluding hydrogens is 373 g/mol. The van der Waals surface area contributed by atoms with E-state index >= 15 is 4.39 Å². The number of fused-ring (bicyclic) bond motifs is 1. The molecule has 0 fully saturated rings. The van der Waals surface area contributed by atoms with Crippen LogP contribution in [0.1, 0.15) is 37.8 Å². The summed E-state index contributed by atoms with van der Waals surface area (Å²) < 4.78 is 46.2. The average Bonchev–Trinajstić information content (AvgIpc) is 2.69. The number of alkyl halides is 2. The minimum absolute atomic E-state index is 0.0704. The van der Waals surface area contributed by atoms with E-state index in [1.54, 1.807) is 18.2 Å². The molecule has 0 radical (unpaired) electrons. The summed E-state index contributed by atoms with van der Waals surface area (Å²) in [6.07, 6.45) is 7.66. The Balaban J connectivity index is 2.07. The van der Waals surface area contributed by atoms with Crippen molar-refractivity contribution in [3.05, 3.63) is 77.6 Å². The Morgan fingerprint density at radius 1 is 0.966 bits per heavy atom. The Labute approximate surface area is 169 Å². The SMILES string of the molecule is C/C=C/CCc1ccc(-c2c(OC(F)F)cc3cc(CCC)ccc3c2F)cc1. The van der Waals surface area contributed by atoms with Gasteiger partial charge in [0.2, 0.25) is 0 Å². The first-order chi connectivity index (χ1) is 14.0. The van der Waals surface area contributed by atoms with Crippen molar-refractivity contribution in [1.82, 2.24) is 0 Å². The zero-order valence-corrected chi connectivity index (χ0v) is 16.7. The van der Waals surface area contributed by atoms with Crippen LogP contribution in [0.4, 0.5) is 13.2 Å². The van der Waals surface area contributed by atoms with E-state index in [0.29, 0.717) is 16.3 Å². The Hall–Kier alpha value is -2.75. The van der Waals surface area contributed by atoms with Gasteiger partial charge in [-0.05, 0) is 54.3 Å². The number of aryl methyl sites for hydroxylation is 2. The molecular formula is C25H25F3O. The molecule has 3 rings (SSSR count). The second-order valence-electron chi connectivity index (χ2n) is 7.05. The first kappa shape index (κ1) is 21.0. The van der Waals surface area contributed by atoms with E-state index in [1.165, 1.54) is 6.07 Å². The van der Waals surface area contributed by atoms with Gasteiger partial charge >= 0.3 is 6.61 Å². The fraction of sp³-hybridized carbons (Fsp3) is 0.280. The molecule has 0 spiro atoms. The highest BCUT2D eigenvalue weighted by Crippen LogP contribution is 2.39. The number of ether oxygens (including phenoxy) is 1. The van der Waals surface area contributed by atoms with Crippen molar-refractivity contribution in [2.45, 2.75) is 46.1 Å². The van der Waals surface area contributed by atoms with Gasteiger partial charge in [-0.3, -0.25) is 0 Å². The lowest BCUT2D eigenvalue weighted by Crippen LogP contribution is -2.05. The van der Waals surface area contributed by atoms with Crippen LogP contribution in [-0.4, -0.2) is 6.61 Å². The Morgan fingerprint density at radius 3 is 2.34 bits per heavy atom. The van der Waals surface area contributed by atoms with Crippen molar-refractivity contribution in [1.29, 1.82) is 0 Å².